The highest BCUT2D eigenvalue weighted by molar-refractivity contribution is 6.30. The van der Waals surface area contributed by atoms with Gasteiger partial charge in [0.25, 0.3) is 0 Å². The van der Waals surface area contributed by atoms with Crippen molar-refractivity contribution in [2.75, 3.05) is 0 Å². The first-order valence-electron chi connectivity index (χ1n) is 6.90. The lowest BCUT2D eigenvalue weighted by Crippen LogP contribution is -2.17. The minimum absolute atomic E-state index is 0.293. The van der Waals surface area contributed by atoms with E-state index in [9.17, 15) is 0 Å². The predicted molar refractivity (Wildman–Crippen MR) is 73.3 cm³/mol. The molecule has 0 unspecified atom stereocenters. The molecule has 1 aliphatic rings. The van der Waals surface area contributed by atoms with E-state index >= 15 is 0 Å². The molecule has 0 aromatic carbocycles. The van der Waals surface area contributed by atoms with E-state index in [1.54, 1.807) is 0 Å². The van der Waals surface area contributed by atoms with Gasteiger partial charge in [-0.1, -0.05) is 31.4 Å². The second-order valence-corrected chi connectivity index (χ2v) is 5.30. The van der Waals surface area contributed by atoms with Gasteiger partial charge in [0, 0.05) is 12.0 Å². The highest BCUT2D eigenvalue weighted by Crippen LogP contribution is 2.26. The van der Waals surface area contributed by atoms with Crippen molar-refractivity contribution in [3.63, 3.8) is 0 Å². The Kier molecular flexibility index (Phi) is 4.81. The third kappa shape index (κ3) is 3.35. The van der Waals surface area contributed by atoms with Crippen molar-refractivity contribution in [1.29, 1.82) is 0 Å². The van der Waals surface area contributed by atoms with Crippen molar-refractivity contribution in [2.45, 2.75) is 64.9 Å². The molecule has 18 heavy (non-hydrogen) atoms. The van der Waals surface area contributed by atoms with E-state index in [1.165, 1.54) is 25.7 Å². The number of aryl methyl sites for hydroxylation is 1. The van der Waals surface area contributed by atoms with Crippen LogP contribution in [0.3, 0.4) is 0 Å². The van der Waals surface area contributed by atoms with Crippen molar-refractivity contribution >= 4 is 11.6 Å². The summed E-state index contributed by atoms with van der Waals surface area (Å²) in [5, 5.41) is 0.519. The number of aromatic nitrogens is 2. The Morgan fingerprint density at radius 2 is 1.83 bits per heavy atom. The Morgan fingerprint density at radius 3 is 2.44 bits per heavy atom. The minimum Gasteiger partial charge on any atom is -0.474 e. The SMILES string of the molecule is CCc1nc(Cl)c(C)c(OC2CCCCCC2)n1. The standard InChI is InChI=1S/C14H21ClN2O/c1-3-12-16-13(15)10(2)14(17-12)18-11-8-6-4-5-7-9-11/h11H,3-9H2,1-2H3. The predicted octanol–water partition coefficient (Wildman–Crippen LogP) is 4.10. The first kappa shape index (κ1) is 13.6. The molecule has 100 valence electrons. The number of ether oxygens (including phenoxy) is 1. The van der Waals surface area contributed by atoms with Crippen molar-refractivity contribution in [1.82, 2.24) is 9.97 Å². The third-order valence-corrected chi connectivity index (χ3v) is 3.85. The van der Waals surface area contributed by atoms with Gasteiger partial charge in [0.15, 0.2) is 0 Å². The van der Waals surface area contributed by atoms with Crippen LogP contribution in [-0.2, 0) is 6.42 Å². The van der Waals surface area contributed by atoms with Crippen LogP contribution >= 0.6 is 11.6 Å². The lowest BCUT2D eigenvalue weighted by Gasteiger charge is -2.18. The van der Waals surface area contributed by atoms with Crippen LogP contribution in [0.25, 0.3) is 0 Å². The van der Waals surface area contributed by atoms with Crippen LogP contribution in [0, 0.1) is 6.92 Å². The van der Waals surface area contributed by atoms with Crippen LogP contribution in [0.1, 0.15) is 56.8 Å². The molecular weight excluding hydrogens is 248 g/mol. The van der Waals surface area contributed by atoms with E-state index in [-0.39, 0.29) is 0 Å². The maximum atomic E-state index is 6.12. The summed E-state index contributed by atoms with van der Waals surface area (Å²) in [5.41, 5.74) is 0.859. The highest BCUT2D eigenvalue weighted by atomic mass is 35.5. The van der Waals surface area contributed by atoms with E-state index in [1.807, 2.05) is 13.8 Å². The monoisotopic (exact) mass is 268 g/mol. The first-order valence-corrected chi connectivity index (χ1v) is 7.28. The van der Waals surface area contributed by atoms with Gasteiger partial charge < -0.3 is 4.74 Å². The Labute approximate surface area is 114 Å². The van der Waals surface area contributed by atoms with Gasteiger partial charge in [-0.2, -0.15) is 4.98 Å². The summed E-state index contributed by atoms with van der Waals surface area (Å²) in [6.45, 7) is 3.95. The maximum absolute atomic E-state index is 6.12. The molecular formula is C14H21ClN2O. The normalized spacial score (nSPS) is 17.5. The van der Waals surface area contributed by atoms with Crippen molar-refractivity contribution < 1.29 is 4.74 Å². The fourth-order valence-corrected chi connectivity index (χ4v) is 2.48. The molecule has 1 heterocycles. The van der Waals surface area contributed by atoms with E-state index in [4.69, 9.17) is 16.3 Å². The lowest BCUT2D eigenvalue weighted by molar-refractivity contribution is 0.174. The molecule has 0 bridgehead atoms. The van der Waals surface area contributed by atoms with Crippen molar-refractivity contribution in [3.8, 4) is 5.88 Å². The van der Waals surface area contributed by atoms with Gasteiger partial charge in [-0.15, -0.1) is 0 Å². The van der Waals surface area contributed by atoms with E-state index in [0.717, 1.165) is 30.7 Å². The molecule has 0 atom stereocenters. The molecule has 1 aromatic heterocycles. The molecule has 4 heteroatoms. The first-order chi connectivity index (χ1) is 8.70. The summed E-state index contributed by atoms with van der Waals surface area (Å²) >= 11 is 6.12. The number of hydrogen-bond acceptors (Lipinski definition) is 3. The Morgan fingerprint density at radius 1 is 1.17 bits per heavy atom. The third-order valence-electron chi connectivity index (χ3n) is 3.48. The summed E-state index contributed by atoms with van der Waals surface area (Å²) in [6.07, 6.45) is 8.48. The topological polar surface area (TPSA) is 35.0 Å². The number of hydrogen-bond donors (Lipinski definition) is 0. The molecule has 0 aliphatic heterocycles. The maximum Gasteiger partial charge on any atom is 0.221 e. The molecule has 1 aliphatic carbocycles. The molecule has 0 N–H and O–H groups in total. The van der Waals surface area contributed by atoms with Gasteiger partial charge in [0.1, 0.15) is 17.1 Å². The second-order valence-electron chi connectivity index (χ2n) is 4.95. The van der Waals surface area contributed by atoms with Gasteiger partial charge >= 0.3 is 0 Å². The molecule has 0 amide bonds. The zero-order chi connectivity index (χ0) is 13.0. The molecule has 2 rings (SSSR count). The van der Waals surface area contributed by atoms with Gasteiger partial charge in [0.05, 0.1) is 0 Å². The van der Waals surface area contributed by atoms with Crippen LogP contribution in [0.4, 0.5) is 0 Å². The smallest absolute Gasteiger partial charge is 0.221 e. The molecule has 1 saturated carbocycles. The van der Waals surface area contributed by atoms with Crippen LogP contribution in [0.2, 0.25) is 5.15 Å². The zero-order valence-corrected chi connectivity index (χ0v) is 12.0. The van der Waals surface area contributed by atoms with Crippen LogP contribution < -0.4 is 4.74 Å². The average molecular weight is 269 g/mol. The zero-order valence-electron chi connectivity index (χ0n) is 11.2. The van der Waals surface area contributed by atoms with Crippen molar-refractivity contribution in [2.24, 2.45) is 0 Å². The minimum atomic E-state index is 0.293. The van der Waals surface area contributed by atoms with Gasteiger partial charge in [0.2, 0.25) is 5.88 Å². The Hall–Kier alpha value is -0.830. The molecule has 0 radical (unpaired) electrons. The molecule has 0 saturated heterocycles. The fraction of sp³-hybridized carbons (Fsp3) is 0.714. The molecule has 3 nitrogen and oxygen atoms in total. The Balaban J connectivity index is 2.14. The fourth-order valence-electron chi connectivity index (χ4n) is 2.30. The van der Waals surface area contributed by atoms with E-state index in [0.29, 0.717) is 17.1 Å². The van der Waals surface area contributed by atoms with Crippen LogP contribution in [-0.4, -0.2) is 16.1 Å². The largest absolute Gasteiger partial charge is 0.474 e. The van der Waals surface area contributed by atoms with Gasteiger partial charge in [-0.3, -0.25) is 0 Å². The summed E-state index contributed by atoms with van der Waals surface area (Å²) in [4.78, 5) is 8.70. The van der Waals surface area contributed by atoms with Crippen molar-refractivity contribution in [3.05, 3.63) is 16.5 Å². The number of nitrogens with zero attached hydrogens (tertiary/aromatic N) is 2. The molecule has 1 fully saturated rings. The van der Waals surface area contributed by atoms with Crippen LogP contribution in [0.5, 0.6) is 5.88 Å². The molecule has 1 aromatic rings. The summed E-state index contributed by atoms with van der Waals surface area (Å²) in [6, 6.07) is 0. The van der Waals surface area contributed by atoms with Gasteiger partial charge in [-0.05, 0) is 32.6 Å². The van der Waals surface area contributed by atoms with E-state index in [2.05, 4.69) is 9.97 Å². The van der Waals surface area contributed by atoms with Gasteiger partial charge in [-0.25, -0.2) is 4.98 Å². The van der Waals surface area contributed by atoms with Crippen LogP contribution in [0.15, 0.2) is 0 Å². The number of rotatable bonds is 3. The Bertz CT molecular complexity index is 401. The lowest BCUT2D eigenvalue weighted by atomic mass is 10.1. The summed E-state index contributed by atoms with van der Waals surface area (Å²) < 4.78 is 6.05. The second kappa shape index (κ2) is 6.37. The summed E-state index contributed by atoms with van der Waals surface area (Å²) in [7, 11) is 0. The number of halogens is 1. The summed E-state index contributed by atoms with van der Waals surface area (Å²) in [5.74, 6) is 1.44. The highest BCUT2D eigenvalue weighted by Gasteiger charge is 2.17. The van der Waals surface area contributed by atoms with E-state index < -0.39 is 0 Å². The average Bonchev–Trinajstić information content (AvgIpc) is 2.63. The quantitative estimate of drug-likeness (QED) is 0.611. The molecule has 0 spiro atoms.